The maximum absolute atomic E-state index is 12.7. The molecule has 1 aliphatic rings. The molecule has 0 atom stereocenters. The molecule has 0 radical (unpaired) electrons. The van der Waals surface area contributed by atoms with E-state index >= 15 is 0 Å². The summed E-state index contributed by atoms with van der Waals surface area (Å²) in [5, 5.41) is 0. The molecule has 1 aromatic rings. The molecule has 20 heavy (non-hydrogen) atoms. The Morgan fingerprint density at radius 2 is 1.95 bits per heavy atom. The highest BCUT2D eigenvalue weighted by atomic mass is 16.5. The van der Waals surface area contributed by atoms with E-state index in [0.29, 0.717) is 12.2 Å². The summed E-state index contributed by atoms with van der Waals surface area (Å²) in [6, 6.07) is 7.78. The van der Waals surface area contributed by atoms with Crippen molar-refractivity contribution in [1.82, 2.24) is 4.90 Å². The van der Waals surface area contributed by atoms with Gasteiger partial charge in [0.2, 0.25) is 0 Å². The molecule has 0 bridgehead atoms. The maximum Gasteiger partial charge on any atom is 0.325 e. The maximum atomic E-state index is 12.7. The second-order valence-electron chi connectivity index (χ2n) is 4.98. The van der Waals surface area contributed by atoms with Gasteiger partial charge in [-0.15, -0.1) is 0 Å². The van der Waals surface area contributed by atoms with E-state index in [1.54, 1.807) is 11.8 Å². The van der Waals surface area contributed by atoms with Crippen LogP contribution in [0.15, 0.2) is 24.3 Å². The van der Waals surface area contributed by atoms with Crippen LogP contribution < -0.4 is 0 Å². The number of benzene rings is 1. The Hall–Kier alpha value is -1.84. The quantitative estimate of drug-likeness (QED) is 0.749. The van der Waals surface area contributed by atoms with Gasteiger partial charge >= 0.3 is 5.97 Å². The molecule has 1 amide bonds. The van der Waals surface area contributed by atoms with Gasteiger partial charge in [0.15, 0.2) is 0 Å². The zero-order chi connectivity index (χ0) is 14.5. The van der Waals surface area contributed by atoms with Gasteiger partial charge in [0.05, 0.1) is 6.61 Å². The fraction of sp³-hybridized carbons (Fsp3) is 0.500. The van der Waals surface area contributed by atoms with Crippen LogP contribution >= 0.6 is 0 Å². The van der Waals surface area contributed by atoms with Crippen LogP contribution in [0.5, 0.6) is 0 Å². The topological polar surface area (TPSA) is 46.6 Å². The lowest BCUT2D eigenvalue weighted by atomic mass is 10.0. The van der Waals surface area contributed by atoms with E-state index in [9.17, 15) is 9.59 Å². The Labute approximate surface area is 119 Å². The van der Waals surface area contributed by atoms with Gasteiger partial charge in [-0.05, 0) is 37.8 Å². The largest absolute Gasteiger partial charge is 0.465 e. The predicted molar refractivity (Wildman–Crippen MR) is 76.5 cm³/mol. The molecule has 2 rings (SSSR count). The molecule has 4 heteroatoms. The normalized spacial score (nSPS) is 13.9. The van der Waals surface area contributed by atoms with Crippen LogP contribution in [-0.4, -0.2) is 36.0 Å². The average Bonchev–Trinajstić information content (AvgIpc) is 3.29. The van der Waals surface area contributed by atoms with Crippen LogP contribution in [-0.2, 0) is 16.0 Å². The summed E-state index contributed by atoms with van der Waals surface area (Å²) in [4.78, 5) is 26.0. The summed E-state index contributed by atoms with van der Waals surface area (Å²) in [5.41, 5.74) is 1.72. The molecule has 0 N–H and O–H groups in total. The minimum Gasteiger partial charge on any atom is -0.465 e. The molecule has 0 saturated heterocycles. The van der Waals surface area contributed by atoms with Crippen LogP contribution in [0.4, 0.5) is 0 Å². The first-order valence-electron chi connectivity index (χ1n) is 7.21. The third-order valence-corrected chi connectivity index (χ3v) is 3.48. The van der Waals surface area contributed by atoms with Crippen molar-refractivity contribution in [3.05, 3.63) is 35.4 Å². The van der Waals surface area contributed by atoms with Crippen molar-refractivity contribution in [1.29, 1.82) is 0 Å². The summed E-state index contributed by atoms with van der Waals surface area (Å²) in [6.45, 7) is 4.19. The summed E-state index contributed by atoms with van der Waals surface area (Å²) in [5.74, 6) is -0.389. The van der Waals surface area contributed by atoms with E-state index in [1.807, 2.05) is 31.2 Å². The van der Waals surface area contributed by atoms with Gasteiger partial charge in [0.25, 0.3) is 5.91 Å². The Kier molecular flexibility index (Phi) is 4.77. The van der Waals surface area contributed by atoms with Crippen molar-refractivity contribution in [2.24, 2.45) is 0 Å². The molecule has 0 spiro atoms. The Bertz CT molecular complexity index is 494. The number of esters is 1. The van der Waals surface area contributed by atoms with Crippen molar-refractivity contribution >= 4 is 11.9 Å². The molecule has 0 unspecified atom stereocenters. The van der Waals surface area contributed by atoms with Crippen LogP contribution in [0, 0.1) is 0 Å². The molecule has 4 nitrogen and oxygen atoms in total. The highest BCUT2D eigenvalue weighted by Gasteiger charge is 2.35. The van der Waals surface area contributed by atoms with Gasteiger partial charge in [-0.1, -0.05) is 25.1 Å². The highest BCUT2D eigenvalue weighted by molar-refractivity contribution is 5.97. The number of aryl methyl sites for hydroxylation is 1. The summed E-state index contributed by atoms with van der Waals surface area (Å²) >= 11 is 0. The first-order valence-corrected chi connectivity index (χ1v) is 7.21. The van der Waals surface area contributed by atoms with E-state index in [0.717, 1.165) is 24.8 Å². The standard InChI is InChI=1S/C16H21NO3/c1-3-12-7-5-6-8-14(12)16(19)17(13-9-10-13)11-15(18)20-4-2/h5-8,13H,3-4,9-11H2,1-2H3. The lowest BCUT2D eigenvalue weighted by Crippen LogP contribution is -2.38. The Balaban J connectivity index is 2.16. The van der Waals surface area contributed by atoms with Crippen molar-refractivity contribution in [2.75, 3.05) is 13.2 Å². The SMILES string of the molecule is CCOC(=O)CN(C(=O)c1ccccc1CC)C1CC1. The van der Waals surface area contributed by atoms with Gasteiger partial charge in [0.1, 0.15) is 6.54 Å². The smallest absolute Gasteiger partial charge is 0.325 e. The minimum absolute atomic E-state index is 0.0510. The number of carbonyl (C=O) groups is 2. The fourth-order valence-electron chi connectivity index (χ4n) is 2.29. The zero-order valence-electron chi connectivity index (χ0n) is 12.1. The van der Waals surface area contributed by atoms with Crippen molar-refractivity contribution in [3.63, 3.8) is 0 Å². The number of rotatable bonds is 6. The number of nitrogens with zero attached hydrogens (tertiary/aromatic N) is 1. The minimum atomic E-state index is -0.332. The predicted octanol–water partition coefficient (Wildman–Crippen LogP) is 2.42. The number of ether oxygens (including phenoxy) is 1. The zero-order valence-corrected chi connectivity index (χ0v) is 12.1. The first-order chi connectivity index (χ1) is 9.67. The Morgan fingerprint density at radius 3 is 2.55 bits per heavy atom. The molecule has 0 aliphatic heterocycles. The molecular weight excluding hydrogens is 254 g/mol. The second-order valence-corrected chi connectivity index (χ2v) is 4.98. The lowest BCUT2D eigenvalue weighted by molar-refractivity contribution is -0.144. The van der Waals surface area contributed by atoms with E-state index in [4.69, 9.17) is 4.74 Å². The van der Waals surface area contributed by atoms with E-state index < -0.39 is 0 Å². The van der Waals surface area contributed by atoms with Crippen molar-refractivity contribution in [3.8, 4) is 0 Å². The third-order valence-electron chi connectivity index (χ3n) is 3.48. The van der Waals surface area contributed by atoms with Crippen LogP contribution in [0.2, 0.25) is 0 Å². The van der Waals surface area contributed by atoms with E-state index in [2.05, 4.69) is 0 Å². The molecule has 1 fully saturated rings. The highest BCUT2D eigenvalue weighted by Crippen LogP contribution is 2.28. The van der Waals surface area contributed by atoms with Crippen LogP contribution in [0.1, 0.15) is 42.6 Å². The average molecular weight is 275 g/mol. The summed E-state index contributed by atoms with van der Waals surface area (Å²) in [7, 11) is 0. The number of hydrogen-bond acceptors (Lipinski definition) is 3. The van der Waals surface area contributed by atoms with Gasteiger partial charge in [-0.2, -0.15) is 0 Å². The number of amides is 1. The van der Waals surface area contributed by atoms with E-state index in [-0.39, 0.29) is 24.5 Å². The molecule has 1 aliphatic carbocycles. The third kappa shape index (κ3) is 3.38. The molecule has 0 heterocycles. The summed E-state index contributed by atoms with van der Waals surface area (Å²) < 4.78 is 4.96. The Morgan fingerprint density at radius 1 is 1.25 bits per heavy atom. The molecule has 0 aromatic heterocycles. The fourth-order valence-corrected chi connectivity index (χ4v) is 2.29. The van der Waals surface area contributed by atoms with Gasteiger partial charge < -0.3 is 9.64 Å². The first kappa shape index (κ1) is 14.6. The van der Waals surface area contributed by atoms with E-state index in [1.165, 1.54) is 0 Å². The van der Waals surface area contributed by atoms with Crippen molar-refractivity contribution in [2.45, 2.75) is 39.2 Å². The van der Waals surface area contributed by atoms with Crippen molar-refractivity contribution < 1.29 is 14.3 Å². The van der Waals surface area contributed by atoms with Gasteiger partial charge in [-0.25, -0.2) is 0 Å². The molecular formula is C16H21NO3. The van der Waals surface area contributed by atoms with Gasteiger partial charge in [-0.3, -0.25) is 9.59 Å². The number of carbonyl (C=O) groups excluding carboxylic acids is 2. The van der Waals surface area contributed by atoms with Gasteiger partial charge in [0, 0.05) is 11.6 Å². The molecule has 1 aromatic carbocycles. The molecule has 1 saturated carbocycles. The molecule has 108 valence electrons. The number of hydrogen-bond donors (Lipinski definition) is 0. The van der Waals surface area contributed by atoms with Crippen LogP contribution in [0.3, 0.4) is 0 Å². The monoisotopic (exact) mass is 275 g/mol. The van der Waals surface area contributed by atoms with Crippen LogP contribution in [0.25, 0.3) is 0 Å². The summed E-state index contributed by atoms with van der Waals surface area (Å²) in [6.07, 6.45) is 2.75. The second kappa shape index (κ2) is 6.55. The lowest BCUT2D eigenvalue weighted by Gasteiger charge is -2.22.